The highest BCUT2D eigenvalue weighted by molar-refractivity contribution is 7.89. The molecule has 0 aliphatic rings. The van der Waals surface area contributed by atoms with Crippen LogP contribution in [0.15, 0.2) is 47.5 Å². The first kappa shape index (κ1) is 14.6. The normalized spacial score (nSPS) is 11.5. The summed E-state index contributed by atoms with van der Waals surface area (Å²) in [7, 11) is -2.04. The van der Waals surface area contributed by atoms with Gasteiger partial charge in [-0.25, -0.2) is 13.1 Å². The van der Waals surface area contributed by atoms with Crippen LogP contribution in [0.3, 0.4) is 0 Å². The van der Waals surface area contributed by atoms with Gasteiger partial charge >= 0.3 is 0 Å². The molecular weight excluding hydrogens is 274 g/mol. The molecule has 6 heteroatoms. The van der Waals surface area contributed by atoms with Crippen molar-refractivity contribution in [2.24, 2.45) is 0 Å². The molecule has 0 saturated heterocycles. The van der Waals surface area contributed by atoms with Crippen LogP contribution in [-0.2, 0) is 23.1 Å². The van der Waals surface area contributed by atoms with E-state index in [0.717, 1.165) is 12.2 Å². The lowest BCUT2D eigenvalue weighted by Crippen LogP contribution is -2.20. The maximum absolute atomic E-state index is 11.9. The maximum atomic E-state index is 11.9. The second-order valence-corrected chi connectivity index (χ2v) is 6.20. The second-order valence-electron chi connectivity index (χ2n) is 4.34. The Bertz CT molecular complexity index is 677. The van der Waals surface area contributed by atoms with Crippen LogP contribution in [0.1, 0.15) is 12.6 Å². The van der Waals surface area contributed by atoms with Crippen LogP contribution in [-0.4, -0.2) is 20.0 Å². The minimum Gasteiger partial charge on any atom is -0.378 e. The zero-order valence-corrected chi connectivity index (χ0v) is 12.4. The van der Waals surface area contributed by atoms with Gasteiger partial charge in [0.1, 0.15) is 4.90 Å². The number of nitrogens with one attached hydrogen (secondary N) is 2. The van der Waals surface area contributed by atoms with Crippen molar-refractivity contribution in [2.45, 2.75) is 24.9 Å². The number of anilines is 1. The van der Waals surface area contributed by atoms with Gasteiger partial charge in [-0.05, 0) is 38.2 Å². The Hall–Kier alpha value is -1.79. The van der Waals surface area contributed by atoms with Crippen molar-refractivity contribution in [3.05, 3.63) is 48.3 Å². The van der Waals surface area contributed by atoms with Crippen molar-refractivity contribution in [1.29, 1.82) is 0 Å². The van der Waals surface area contributed by atoms with E-state index >= 15 is 0 Å². The first-order valence-corrected chi connectivity index (χ1v) is 7.97. The molecule has 0 amide bonds. The van der Waals surface area contributed by atoms with Crippen molar-refractivity contribution < 1.29 is 8.42 Å². The molecule has 2 rings (SSSR count). The summed E-state index contributed by atoms with van der Waals surface area (Å²) in [6, 6.07) is 10.9. The number of nitrogens with zero attached hydrogens (tertiary/aromatic N) is 1. The molecule has 0 bridgehead atoms. The van der Waals surface area contributed by atoms with Crippen LogP contribution in [0, 0.1) is 0 Å². The van der Waals surface area contributed by atoms with E-state index in [0.29, 0.717) is 12.2 Å². The van der Waals surface area contributed by atoms with E-state index in [9.17, 15) is 8.42 Å². The molecule has 1 aromatic heterocycles. The number of hydrogen-bond acceptors (Lipinski definition) is 3. The molecule has 0 saturated carbocycles. The summed E-state index contributed by atoms with van der Waals surface area (Å²) >= 11 is 0. The molecule has 0 unspecified atom stereocenters. The molecule has 0 fully saturated rings. The van der Waals surface area contributed by atoms with Crippen LogP contribution < -0.4 is 10.0 Å². The topological polar surface area (TPSA) is 63.1 Å². The van der Waals surface area contributed by atoms with Gasteiger partial charge in [0, 0.05) is 18.4 Å². The minimum atomic E-state index is -3.45. The first-order chi connectivity index (χ1) is 9.58. The monoisotopic (exact) mass is 293 g/mol. The van der Waals surface area contributed by atoms with Crippen molar-refractivity contribution in [2.75, 3.05) is 12.4 Å². The van der Waals surface area contributed by atoms with Crippen LogP contribution in [0.5, 0.6) is 0 Å². The number of benzene rings is 1. The summed E-state index contributed by atoms with van der Waals surface area (Å²) in [4.78, 5) is 0.261. The Balaban J connectivity index is 2.23. The standard InChI is InChI=1S/C14H19N3O2S/c1-3-17-10-6-7-12(17)11-16-13-8-4-5-9-14(13)20(18,19)15-2/h4-10,15-16H,3,11H2,1-2H3. The lowest BCUT2D eigenvalue weighted by molar-refractivity contribution is 0.588. The third kappa shape index (κ3) is 3.02. The van der Waals surface area contributed by atoms with Crippen molar-refractivity contribution >= 4 is 15.7 Å². The zero-order chi connectivity index (χ0) is 14.6. The number of rotatable bonds is 6. The van der Waals surface area contributed by atoms with E-state index in [2.05, 4.69) is 21.5 Å². The SMILES string of the molecule is CCn1cccc1CNc1ccccc1S(=O)(=O)NC. The Morgan fingerprint density at radius 1 is 1.15 bits per heavy atom. The van der Waals surface area contributed by atoms with Crippen LogP contribution in [0.2, 0.25) is 0 Å². The lowest BCUT2D eigenvalue weighted by atomic mass is 10.3. The van der Waals surface area contributed by atoms with Crippen molar-refractivity contribution in [3.63, 3.8) is 0 Å². The van der Waals surface area contributed by atoms with Crippen LogP contribution >= 0.6 is 0 Å². The third-order valence-electron chi connectivity index (χ3n) is 3.17. The van der Waals surface area contributed by atoms with Gasteiger partial charge in [-0.2, -0.15) is 0 Å². The Morgan fingerprint density at radius 2 is 1.90 bits per heavy atom. The van der Waals surface area contributed by atoms with E-state index in [1.54, 1.807) is 18.2 Å². The van der Waals surface area contributed by atoms with E-state index < -0.39 is 10.0 Å². The van der Waals surface area contributed by atoms with Crippen LogP contribution in [0.4, 0.5) is 5.69 Å². The fourth-order valence-electron chi connectivity index (χ4n) is 2.06. The van der Waals surface area contributed by atoms with E-state index in [1.807, 2.05) is 24.4 Å². The lowest BCUT2D eigenvalue weighted by Gasteiger charge is -2.13. The number of aryl methyl sites for hydroxylation is 1. The summed E-state index contributed by atoms with van der Waals surface area (Å²) in [5, 5.41) is 3.19. The number of para-hydroxylation sites is 1. The molecule has 0 aliphatic carbocycles. The Kier molecular flexibility index (Phi) is 4.46. The molecule has 5 nitrogen and oxygen atoms in total. The van der Waals surface area contributed by atoms with Gasteiger partial charge < -0.3 is 9.88 Å². The van der Waals surface area contributed by atoms with Gasteiger partial charge in [-0.1, -0.05) is 12.1 Å². The molecule has 1 aromatic carbocycles. The van der Waals surface area contributed by atoms with Gasteiger partial charge in [0.2, 0.25) is 10.0 Å². The Labute approximate surface area is 119 Å². The third-order valence-corrected chi connectivity index (χ3v) is 4.64. The first-order valence-electron chi connectivity index (χ1n) is 6.49. The summed E-state index contributed by atoms with van der Waals surface area (Å²) in [5.41, 5.74) is 1.72. The fraction of sp³-hybridized carbons (Fsp3) is 0.286. The van der Waals surface area contributed by atoms with E-state index in [1.165, 1.54) is 7.05 Å². The van der Waals surface area contributed by atoms with Gasteiger partial charge in [0.25, 0.3) is 0 Å². The summed E-state index contributed by atoms with van der Waals surface area (Å²) < 4.78 is 28.4. The predicted molar refractivity (Wildman–Crippen MR) is 80.1 cm³/mol. The highest BCUT2D eigenvalue weighted by Crippen LogP contribution is 2.21. The average Bonchev–Trinajstić information content (AvgIpc) is 2.93. The number of hydrogen-bond donors (Lipinski definition) is 2. The second kappa shape index (κ2) is 6.11. The maximum Gasteiger partial charge on any atom is 0.242 e. The fourth-order valence-corrected chi connectivity index (χ4v) is 2.97. The van der Waals surface area contributed by atoms with E-state index in [-0.39, 0.29) is 4.90 Å². The van der Waals surface area contributed by atoms with E-state index in [4.69, 9.17) is 0 Å². The highest BCUT2D eigenvalue weighted by Gasteiger charge is 2.15. The smallest absolute Gasteiger partial charge is 0.242 e. The van der Waals surface area contributed by atoms with Crippen molar-refractivity contribution in [1.82, 2.24) is 9.29 Å². The molecule has 20 heavy (non-hydrogen) atoms. The summed E-state index contributed by atoms with van der Waals surface area (Å²) in [6.45, 7) is 3.54. The molecule has 2 N–H and O–H groups in total. The van der Waals surface area contributed by atoms with Gasteiger partial charge in [0.05, 0.1) is 12.2 Å². The predicted octanol–water partition coefficient (Wildman–Crippen LogP) is 2.03. The molecule has 0 radical (unpaired) electrons. The van der Waals surface area contributed by atoms with Gasteiger partial charge in [0.15, 0.2) is 0 Å². The molecule has 0 spiro atoms. The average molecular weight is 293 g/mol. The van der Waals surface area contributed by atoms with Gasteiger partial charge in [-0.15, -0.1) is 0 Å². The molecule has 108 valence electrons. The Morgan fingerprint density at radius 3 is 2.60 bits per heavy atom. The summed E-state index contributed by atoms with van der Waals surface area (Å²) in [5.74, 6) is 0. The molecule has 0 atom stereocenters. The molecule has 1 heterocycles. The summed E-state index contributed by atoms with van der Waals surface area (Å²) in [6.07, 6.45) is 2.01. The van der Waals surface area contributed by atoms with Crippen molar-refractivity contribution in [3.8, 4) is 0 Å². The zero-order valence-electron chi connectivity index (χ0n) is 11.6. The number of sulfonamides is 1. The number of aromatic nitrogens is 1. The highest BCUT2D eigenvalue weighted by atomic mass is 32.2. The quantitative estimate of drug-likeness (QED) is 0.856. The molecule has 0 aliphatic heterocycles. The molecular formula is C14H19N3O2S. The van der Waals surface area contributed by atoms with Crippen LogP contribution in [0.25, 0.3) is 0 Å². The minimum absolute atomic E-state index is 0.261. The molecule has 2 aromatic rings. The largest absolute Gasteiger partial charge is 0.378 e. The van der Waals surface area contributed by atoms with Gasteiger partial charge in [-0.3, -0.25) is 0 Å².